The van der Waals surface area contributed by atoms with E-state index in [9.17, 15) is 0 Å². The smallest absolute Gasteiger partial charge is 0.0809 e. The summed E-state index contributed by atoms with van der Waals surface area (Å²) in [5.74, 6) is 0. The van der Waals surface area contributed by atoms with Gasteiger partial charge in [-0.3, -0.25) is 0 Å². The molecule has 0 spiro atoms. The molecule has 0 aromatic carbocycles. The van der Waals surface area contributed by atoms with Gasteiger partial charge in [0.1, 0.15) is 0 Å². The highest BCUT2D eigenvalue weighted by atomic mass is 16.6. The maximum Gasteiger partial charge on any atom is 0.0809 e. The summed E-state index contributed by atoms with van der Waals surface area (Å²) in [5.41, 5.74) is 0. The normalized spacial score (nSPS) is 21.4. The Morgan fingerprint density at radius 2 is 1.52 bits per heavy atom. The van der Waals surface area contributed by atoms with E-state index in [1.807, 2.05) is 13.8 Å². The fourth-order valence-electron chi connectivity index (χ4n) is 2.28. The third kappa shape index (κ3) is 13.6. The van der Waals surface area contributed by atoms with Gasteiger partial charge in [0.15, 0.2) is 0 Å². The van der Waals surface area contributed by atoms with Gasteiger partial charge < -0.3 is 33.5 Å². The van der Waals surface area contributed by atoms with Crippen molar-refractivity contribution in [2.24, 2.45) is 0 Å². The Kier molecular flexibility index (Phi) is 13.5. The summed E-state index contributed by atoms with van der Waals surface area (Å²) in [6.07, 6.45) is 2.00. The summed E-state index contributed by atoms with van der Waals surface area (Å²) in [7, 11) is 0. The van der Waals surface area contributed by atoms with Gasteiger partial charge >= 0.3 is 0 Å². The van der Waals surface area contributed by atoms with Crippen molar-refractivity contribution in [3.8, 4) is 0 Å². The lowest BCUT2D eigenvalue weighted by Crippen LogP contribution is -2.26. The number of ether oxygens (including phenoxy) is 6. The topological polar surface area (TPSA) is 75.6 Å². The van der Waals surface area contributed by atoms with Crippen molar-refractivity contribution >= 4 is 0 Å². The van der Waals surface area contributed by atoms with Crippen molar-refractivity contribution in [1.82, 2.24) is 0 Å². The van der Waals surface area contributed by atoms with Crippen LogP contribution in [-0.2, 0) is 28.4 Å². The molecule has 1 heterocycles. The average Bonchev–Trinajstić information content (AvgIpc) is 3.10. The Labute approximate surface area is 151 Å². The molecule has 0 aromatic rings. The first-order valence-corrected chi connectivity index (χ1v) is 9.34. The predicted molar refractivity (Wildman–Crippen MR) is 93.9 cm³/mol. The SMILES string of the molecule is CC(O)COC(C)COC(C)COCCOCCOCC1CCCO1. The van der Waals surface area contributed by atoms with Gasteiger partial charge in [-0.2, -0.15) is 0 Å². The number of aliphatic hydroxyl groups is 1. The quantitative estimate of drug-likeness (QED) is 0.415. The van der Waals surface area contributed by atoms with Crippen LogP contribution >= 0.6 is 0 Å². The predicted octanol–water partition coefficient (Wildman–Crippen LogP) is 1.41. The molecule has 1 aliphatic rings. The van der Waals surface area contributed by atoms with Crippen LogP contribution in [0.4, 0.5) is 0 Å². The molecule has 7 heteroatoms. The van der Waals surface area contributed by atoms with E-state index in [0.717, 1.165) is 19.4 Å². The Bertz CT molecular complexity index is 295. The average molecular weight is 364 g/mol. The van der Waals surface area contributed by atoms with Crippen molar-refractivity contribution in [1.29, 1.82) is 0 Å². The Morgan fingerprint density at radius 1 is 0.880 bits per heavy atom. The molecule has 7 nitrogen and oxygen atoms in total. The van der Waals surface area contributed by atoms with Crippen molar-refractivity contribution in [2.45, 2.75) is 58.0 Å². The molecule has 0 aromatic heterocycles. The fourth-order valence-corrected chi connectivity index (χ4v) is 2.28. The molecule has 25 heavy (non-hydrogen) atoms. The fraction of sp³-hybridized carbons (Fsp3) is 1.00. The Hall–Kier alpha value is -0.280. The molecule has 0 bridgehead atoms. The standard InChI is InChI=1S/C18H36O7/c1-15(19)11-24-17(3)13-25-16(2)12-21-9-7-20-8-10-22-14-18-5-4-6-23-18/h15-19H,4-14H2,1-3H3. The lowest BCUT2D eigenvalue weighted by atomic mass is 10.2. The molecule has 0 saturated carbocycles. The van der Waals surface area contributed by atoms with Crippen molar-refractivity contribution < 1.29 is 33.5 Å². The van der Waals surface area contributed by atoms with Gasteiger partial charge in [0.2, 0.25) is 0 Å². The third-order valence-electron chi connectivity index (χ3n) is 3.66. The maximum absolute atomic E-state index is 9.15. The van der Waals surface area contributed by atoms with Gasteiger partial charge in [0.05, 0.1) is 77.3 Å². The molecule has 1 aliphatic heterocycles. The zero-order chi connectivity index (χ0) is 18.3. The molecule has 150 valence electrons. The highest BCUT2D eigenvalue weighted by Crippen LogP contribution is 2.11. The van der Waals surface area contributed by atoms with Gasteiger partial charge in [0.25, 0.3) is 0 Å². The van der Waals surface area contributed by atoms with Gasteiger partial charge in [-0.15, -0.1) is 0 Å². The number of aliphatic hydroxyl groups excluding tert-OH is 1. The second kappa shape index (κ2) is 14.8. The van der Waals surface area contributed by atoms with Crippen LogP contribution in [0.5, 0.6) is 0 Å². The van der Waals surface area contributed by atoms with Crippen LogP contribution in [0, 0.1) is 0 Å². The van der Waals surface area contributed by atoms with Crippen molar-refractivity contribution in [3.05, 3.63) is 0 Å². The second-order valence-corrected chi connectivity index (χ2v) is 6.53. The van der Waals surface area contributed by atoms with Crippen molar-refractivity contribution in [3.63, 3.8) is 0 Å². The van der Waals surface area contributed by atoms with Crippen LogP contribution in [0.3, 0.4) is 0 Å². The lowest BCUT2D eigenvalue weighted by Gasteiger charge is -2.18. The van der Waals surface area contributed by atoms with E-state index in [1.54, 1.807) is 6.92 Å². The summed E-state index contributed by atoms with van der Waals surface area (Å²) in [6, 6.07) is 0. The van der Waals surface area contributed by atoms with Crippen LogP contribution in [0.2, 0.25) is 0 Å². The Morgan fingerprint density at radius 3 is 2.20 bits per heavy atom. The zero-order valence-electron chi connectivity index (χ0n) is 16.0. The van der Waals surface area contributed by atoms with E-state index >= 15 is 0 Å². The summed E-state index contributed by atoms with van der Waals surface area (Å²) >= 11 is 0. The summed E-state index contributed by atoms with van der Waals surface area (Å²) in [6.45, 7) is 10.7. The highest BCUT2D eigenvalue weighted by Gasteiger charge is 2.14. The van der Waals surface area contributed by atoms with Gasteiger partial charge in [-0.1, -0.05) is 0 Å². The Balaban J connectivity index is 1.80. The first-order valence-electron chi connectivity index (χ1n) is 9.34. The highest BCUT2D eigenvalue weighted by molar-refractivity contribution is 4.63. The maximum atomic E-state index is 9.15. The molecule has 0 amide bonds. The van der Waals surface area contributed by atoms with Crippen LogP contribution in [0.15, 0.2) is 0 Å². The molecule has 1 N–H and O–H groups in total. The van der Waals surface area contributed by atoms with E-state index in [-0.39, 0.29) is 18.3 Å². The summed E-state index contributed by atoms with van der Waals surface area (Å²) in [5, 5.41) is 9.15. The molecule has 4 unspecified atom stereocenters. The molecule has 0 aliphatic carbocycles. The van der Waals surface area contributed by atoms with Crippen LogP contribution in [-0.4, -0.2) is 89.0 Å². The minimum Gasteiger partial charge on any atom is -0.391 e. The summed E-state index contributed by atoms with van der Waals surface area (Å²) in [4.78, 5) is 0. The molecule has 4 atom stereocenters. The van der Waals surface area contributed by atoms with Crippen LogP contribution in [0.1, 0.15) is 33.6 Å². The molecular weight excluding hydrogens is 328 g/mol. The van der Waals surface area contributed by atoms with E-state index in [2.05, 4.69) is 0 Å². The number of hydrogen-bond acceptors (Lipinski definition) is 7. The number of rotatable bonds is 16. The molecule has 1 saturated heterocycles. The number of hydrogen-bond donors (Lipinski definition) is 1. The monoisotopic (exact) mass is 364 g/mol. The minimum atomic E-state index is -0.454. The third-order valence-corrected chi connectivity index (χ3v) is 3.66. The molecule has 1 fully saturated rings. The van der Waals surface area contributed by atoms with Crippen molar-refractivity contribution in [2.75, 3.05) is 59.5 Å². The van der Waals surface area contributed by atoms with E-state index < -0.39 is 6.10 Å². The van der Waals surface area contributed by atoms with Crippen LogP contribution in [0.25, 0.3) is 0 Å². The first-order chi connectivity index (χ1) is 12.1. The van der Waals surface area contributed by atoms with Crippen LogP contribution < -0.4 is 0 Å². The van der Waals surface area contributed by atoms with Gasteiger partial charge in [-0.25, -0.2) is 0 Å². The molecule has 0 radical (unpaired) electrons. The molecular formula is C18H36O7. The minimum absolute atomic E-state index is 0.00709. The van der Waals surface area contributed by atoms with E-state index in [0.29, 0.717) is 52.9 Å². The van der Waals surface area contributed by atoms with Gasteiger partial charge in [0, 0.05) is 6.61 Å². The largest absolute Gasteiger partial charge is 0.391 e. The van der Waals surface area contributed by atoms with Gasteiger partial charge in [-0.05, 0) is 33.6 Å². The molecule has 1 rings (SSSR count). The lowest BCUT2D eigenvalue weighted by molar-refractivity contribution is -0.0747. The zero-order valence-corrected chi connectivity index (χ0v) is 16.0. The van der Waals surface area contributed by atoms with E-state index in [1.165, 1.54) is 0 Å². The summed E-state index contributed by atoms with van der Waals surface area (Å²) < 4.78 is 33.0. The second-order valence-electron chi connectivity index (χ2n) is 6.53. The first kappa shape index (κ1) is 22.8. The van der Waals surface area contributed by atoms with E-state index in [4.69, 9.17) is 33.5 Å².